The smallest absolute Gasteiger partial charge is 0.291 e. The van der Waals surface area contributed by atoms with Gasteiger partial charge in [0.15, 0.2) is 5.76 Å². The van der Waals surface area contributed by atoms with Crippen LogP contribution in [0.2, 0.25) is 0 Å². The molecule has 4 rings (SSSR count). The van der Waals surface area contributed by atoms with Gasteiger partial charge in [0.25, 0.3) is 5.91 Å². The number of amides is 2. The van der Waals surface area contributed by atoms with Gasteiger partial charge in [-0.25, -0.2) is 0 Å². The van der Waals surface area contributed by atoms with E-state index < -0.39 is 0 Å². The Labute approximate surface area is 174 Å². The molecule has 5 nitrogen and oxygen atoms in total. The summed E-state index contributed by atoms with van der Waals surface area (Å²) in [4.78, 5) is 26.9. The van der Waals surface area contributed by atoms with Gasteiger partial charge in [-0.05, 0) is 47.9 Å². The van der Waals surface area contributed by atoms with Crippen LogP contribution >= 0.6 is 11.8 Å². The molecule has 2 amide bonds. The Hall–Kier alpha value is -2.99. The minimum Gasteiger partial charge on any atom is -0.459 e. The largest absolute Gasteiger partial charge is 0.459 e. The van der Waals surface area contributed by atoms with E-state index in [0.717, 1.165) is 24.1 Å². The molecule has 1 atom stereocenters. The summed E-state index contributed by atoms with van der Waals surface area (Å²) in [5.41, 5.74) is 3.80. The summed E-state index contributed by atoms with van der Waals surface area (Å²) in [5, 5.41) is 2.74. The first-order valence-electron chi connectivity index (χ1n) is 9.63. The molecule has 6 heteroatoms. The van der Waals surface area contributed by atoms with Crippen LogP contribution in [0, 0.1) is 0 Å². The van der Waals surface area contributed by atoms with Gasteiger partial charge < -0.3 is 9.73 Å². The maximum Gasteiger partial charge on any atom is 0.291 e. The highest BCUT2D eigenvalue weighted by Gasteiger charge is 2.35. The average Bonchev–Trinajstić information content (AvgIpc) is 3.39. The summed E-state index contributed by atoms with van der Waals surface area (Å²) in [6, 6.07) is 19.0. The van der Waals surface area contributed by atoms with Gasteiger partial charge in [-0.15, -0.1) is 11.8 Å². The Morgan fingerprint density at radius 1 is 1.17 bits per heavy atom. The molecule has 0 aliphatic carbocycles. The molecule has 1 aliphatic heterocycles. The summed E-state index contributed by atoms with van der Waals surface area (Å²) in [6.45, 7) is 2.14. The predicted octanol–water partition coefficient (Wildman–Crippen LogP) is 5.26. The number of benzene rings is 2. The fourth-order valence-corrected chi connectivity index (χ4v) is 4.69. The Kier molecular flexibility index (Phi) is 5.71. The molecule has 1 aromatic heterocycles. The Morgan fingerprint density at radius 3 is 2.83 bits per heavy atom. The van der Waals surface area contributed by atoms with Crippen molar-refractivity contribution < 1.29 is 14.0 Å². The third-order valence-electron chi connectivity index (χ3n) is 4.81. The van der Waals surface area contributed by atoms with E-state index in [1.807, 2.05) is 47.4 Å². The lowest BCUT2D eigenvalue weighted by molar-refractivity contribution is -0.115. The number of anilines is 2. The summed E-state index contributed by atoms with van der Waals surface area (Å²) in [7, 11) is 0. The molecular weight excluding hydrogens is 384 g/mol. The standard InChI is InChI=1S/C23H22N2O3S/c1-2-7-16-8-3-4-11-19(16)25-21(26)15-29-23(25)17-9-5-10-18(14-17)24-22(27)20-12-6-13-28-20/h3-6,8-14,23H,2,7,15H2,1H3,(H,24,27). The lowest BCUT2D eigenvalue weighted by Gasteiger charge is -2.27. The molecular formula is C23H22N2O3S. The number of carbonyl (C=O) groups is 2. The van der Waals surface area contributed by atoms with Gasteiger partial charge in [-0.3, -0.25) is 14.5 Å². The van der Waals surface area contributed by atoms with Crippen molar-refractivity contribution in [2.45, 2.75) is 25.1 Å². The van der Waals surface area contributed by atoms with E-state index in [4.69, 9.17) is 4.42 Å². The van der Waals surface area contributed by atoms with Crippen molar-refractivity contribution >= 4 is 35.0 Å². The van der Waals surface area contributed by atoms with Crippen molar-refractivity contribution in [3.63, 3.8) is 0 Å². The number of nitrogens with one attached hydrogen (secondary N) is 1. The lowest BCUT2D eigenvalue weighted by atomic mass is 10.1. The van der Waals surface area contributed by atoms with Crippen LogP contribution in [0.3, 0.4) is 0 Å². The van der Waals surface area contributed by atoms with Gasteiger partial charge >= 0.3 is 0 Å². The Morgan fingerprint density at radius 2 is 2.03 bits per heavy atom. The lowest BCUT2D eigenvalue weighted by Crippen LogP contribution is -2.28. The fraction of sp³-hybridized carbons (Fsp3) is 0.217. The fourth-order valence-electron chi connectivity index (χ4n) is 3.53. The molecule has 148 valence electrons. The van der Waals surface area contributed by atoms with E-state index in [-0.39, 0.29) is 22.9 Å². The number of rotatable bonds is 6. The first kappa shape index (κ1) is 19.3. The highest BCUT2D eigenvalue weighted by molar-refractivity contribution is 8.00. The maximum atomic E-state index is 12.8. The van der Waals surface area contributed by atoms with E-state index in [2.05, 4.69) is 18.3 Å². The second-order valence-corrected chi connectivity index (χ2v) is 7.93. The Bertz CT molecular complexity index is 1020. The zero-order valence-electron chi connectivity index (χ0n) is 16.1. The summed E-state index contributed by atoms with van der Waals surface area (Å²) in [6.07, 6.45) is 3.42. The van der Waals surface area contributed by atoms with Crippen molar-refractivity contribution in [1.29, 1.82) is 0 Å². The number of carbonyl (C=O) groups excluding carboxylic acids is 2. The van der Waals surface area contributed by atoms with Crippen molar-refractivity contribution in [2.75, 3.05) is 16.0 Å². The molecule has 0 radical (unpaired) electrons. The molecule has 1 fully saturated rings. The maximum absolute atomic E-state index is 12.8. The predicted molar refractivity (Wildman–Crippen MR) is 116 cm³/mol. The van der Waals surface area contributed by atoms with Crippen molar-refractivity contribution in [3.8, 4) is 0 Å². The third-order valence-corrected chi connectivity index (χ3v) is 6.03. The van der Waals surface area contributed by atoms with Gasteiger partial charge in [0, 0.05) is 11.4 Å². The number of para-hydroxylation sites is 1. The highest BCUT2D eigenvalue weighted by Crippen LogP contribution is 2.43. The van der Waals surface area contributed by atoms with Gasteiger partial charge in [-0.1, -0.05) is 43.7 Å². The molecule has 0 spiro atoms. The first-order valence-corrected chi connectivity index (χ1v) is 10.7. The minimum absolute atomic E-state index is 0.105. The molecule has 1 N–H and O–H groups in total. The second-order valence-electron chi connectivity index (χ2n) is 6.86. The molecule has 2 heterocycles. The van der Waals surface area contributed by atoms with Crippen LogP contribution in [0.5, 0.6) is 0 Å². The molecule has 1 saturated heterocycles. The van der Waals surface area contributed by atoms with E-state index in [1.54, 1.807) is 23.9 Å². The summed E-state index contributed by atoms with van der Waals surface area (Å²) < 4.78 is 5.15. The van der Waals surface area contributed by atoms with Gasteiger partial charge in [0.2, 0.25) is 5.91 Å². The molecule has 1 aliphatic rings. The zero-order chi connectivity index (χ0) is 20.2. The van der Waals surface area contributed by atoms with Crippen molar-refractivity contribution in [1.82, 2.24) is 0 Å². The SMILES string of the molecule is CCCc1ccccc1N1C(=O)CSC1c1cccc(NC(=O)c2ccco2)c1. The molecule has 2 aromatic carbocycles. The van der Waals surface area contributed by atoms with E-state index >= 15 is 0 Å². The number of hydrogen-bond donors (Lipinski definition) is 1. The third kappa shape index (κ3) is 4.07. The second kappa shape index (κ2) is 8.57. The average molecular weight is 407 g/mol. The van der Waals surface area contributed by atoms with Crippen LogP contribution in [-0.2, 0) is 11.2 Å². The van der Waals surface area contributed by atoms with Crippen LogP contribution in [0.25, 0.3) is 0 Å². The van der Waals surface area contributed by atoms with Gasteiger partial charge in [0.05, 0.1) is 12.0 Å². The van der Waals surface area contributed by atoms with Crippen molar-refractivity contribution in [3.05, 3.63) is 83.8 Å². The number of aryl methyl sites for hydroxylation is 1. The zero-order valence-corrected chi connectivity index (χ0v) is 16.9. The minimum atomic E-state index is -0.299. The number of furan rings is 1. The molecule has 0 saturated carbocycles. The topological polar surface area (TPSA) is 62.6 Å². The highest BCUT2D eigenvalue weighted by atomic mass is 32.2. The van der Waals surface area contributed by atoms with Gasteiger partial charge in [0.1, 0.15) is 5.37 Å². The van der Waals surface area contributed by atoms with E-state index in [9.17, 15) is 9.59 Å². The van der Waals surface area contributed by atoms with Crippen LogP contribution < -0.4 is 10.2 Å². The normalized spacial score (nSPS) is 16.2. The van der Waals surface area contributed by atoms with E-state index in [0.29, 0.717) is 11.4 Å². The summed E-state index contributed by atoms with van der Waals surface area (Å²) in [5.74, 6) is 0.505. The Balaban J connectivity index is 1.62. The molecule has 29 heavy (non-hydrogen) atoms. The van der Waals surface area contributed by atoms with E-state index in [1.165, 1.54) is 11.8 Å². The monoisotopic (exact) mass is 406 g/mol. The molecule has 3 aromatic rings. The van der Waals surface area contributed by atoms with Gasteiger partial charge in [-0.2, -0.15) is 0 Å². The van der Waals surface area contributed by atoms with Crippen molar-refractivity contribution in [2.24, 2.45) is 0 Å². The van der Waals surface area contributed by atoms with Crippen LogP contribution in [0.4, 0.5) is 11.4 Å². The first-order chi connectivity index (χ1) is 14.2. The number of nitrogens with zero attached hydrogens (tertiary/aromatic N) is 1. The molecule has 1 unspecified atom stereocenters. The summed E-state index contributed by atoms with van der Waals surface area (Å²) >= 11 is 1.60. The molecule has 0 bridgehead atoms. The number of hydrogen-bond acceptors (Lipinski definition) is 4. The quantitative estimate of drug-likeness (QED) is 0.606. The number of thioether (sulfide) groups is 1. The van der Waals surface area contributed by atoms with Crippen LogP contribution in [0.1, 0.15) is 40.4 Å². The van der Waals surface area contributed by atoms with Crippen LogP contribution in [0.15, 0.2) is 71.3 Å². The van der Waals surface area contributed by atoms with Crippen LogP contribution in [-0.4, -0.2) is 17.6 Å².